The lowest BCUT2D eigenvalue weighted by Crippen LogP contribution is -2.48. The molecule has 0 spiro atoms. The summed E-state index contributed by atoms with van der Waals surface area (Å²) in [6, 6.07) is 13.4. The van der Waals surface area contributed by atoms with E-state index >= 15 is 0 Å². The molecule has 2 aliphatic heterocycles. The van der Waals surface area contributed by atoms with E-state index in [0.29, 0.717) is 11.3 Å². The number of benzene rings is 2. The van der Waals surface area contributed by atoms with E-state index in [9.17, 15) is 4.79 Å². The van der Waals surface area contributed by atoms with Crippen molar-refractivity contribution in [3.63, 3.8) is 0 Å². The molecule has 2 aromatic carbocycles. The zero-order valence-electron chi connectivity index (χ0n) is 19.6. The molecular formula is C27H34BrN3O2. The van der Waals surface area contributed by atoms with Gasteiger partial charge in [-0.2, -0.15) is 0 Å². The van der Waals surface area contributed by atoms with Crippen LogP contribution in [-0.2, 0) is 12.8 Å². The maximum absolute atomic E-state index is 13.1. The maximum atomic E-state index is 13.1. The largest absolute Gasteiger partial charge is 0.497 e. The van der Waals surface area contributed by atoms with Gasteiger partial charge in [0.15, 0.2) is 0 Å². The van der Waals surface area contributed by atoms with Crippen LogP contribution in [0, 0.1) is 0 Å². The molecule has 1 aliphatic carbocycles. The van der Waals surface area contributed by atoms with Gasteiger partial charge < -0.3 is 14.5 Å². The summed E-state index contributed by atoms with van der Waals surface area (Å²) in [5, 5.41) is 0. The molecule has 176 valence electrons. The Kier molecular flexibility index (Phi) is 6.93. The van der Waals surface area contributed by atoms with Gasteiger partial charge in [-0.25, -0.2) is 0 Å². The molecule has 5 nitrogen and oxygen atoms in total. The first-order valence-electron chi connectivity index (χ1n) is 12.4. The number of rotatable bonds is 4. The fourth-order valence-corrected chi connectivity index (χ4v) is 6.11. The first-order valence-corrected chi connectivity index (χ1v) is 13.2. The molecule has 0 unspecified atom stereocenters. The van der Waals surface area contributed by atoms with Crippen LogP contribution < -0.4 is 9.64 Å². The van der Waals surface area contributed by atoms with E-state index in [1.54, 1.807) is 7.11 Å². The molecule has 33 heavy (non-hydrogen) atoms. The van der Waals surface area contributed by atoms with E-state index in [2.05, 4.69) is 43.9 Å². The second kappa shape index (κ2) is 10.1. The van der Waals surface area contributed by atoms with Gasteiger partial charge in [-0.1, -0.05) is 18.9 Å². The van der Waals surface area contributed by atoms with Gasteiger partial charge in [0.1, 0.15) is 5.75 Å². The van der Waals surface area contributed by atoms with Crippen LogP contribution in [0.15, 0.2) is 40.9 Å². The van der Waals surface area contributed by atoms with Crippen molar-refractivity contribution in [1.82, 2.24) is 9.80 Å². The number of halogens is 1. The van der Waals surface area contributed by atoms with Crippen molar-refractivity contribution in [3.05, 3.63) is 57.6 Å². The standard InChI is InChI=1S/C27H34BrN3O2/c1-33-24-8-9-26(28)25(19-24)27(32)31-16-14-30(15-17-31)23-7-6-20-10-12-29(13-11-21(20)18-23)22-4-2-3-5-22/h6-9,18-19,22H,2-5,10-17H2,1H3. The Morgan fingerprint density at radius 3 is 2.36 bits per heavy atom. The van der Waals surface area contributed by atoms with Crippen LogP contribution in [0.25, 0.3) is 0 Å². The molecule has 2 fully saturated rings. The van der Waals surface area contributed by atoms with Crippen molar-refractivity contribution in [2.24, 2.45) is 0 Å². The number of nitrogens with zero attached hydrogens (tertiary/aromatic N) is 3. The number of carbonyl (C=O) groups is 1. The highest BCUT2D eigenvalue weighted by atomic mass is 79.9. The summed E-state index contributed by atoms with van der Waals surface area (Å²) < 4.78 is 6.12. The number of fused-ring (bicyclic) bond motifs is 1. The topological polar surface area (TPSA) is 36.0 Å². The van der Waals surface area contributed by atoms with E-state index in [1.807, 2.05) is 23.1 Å². The number of ether oxygens (including phenoxy) is 1. The van der Waals surface area contributed by atoms with Crippen molar-refractivity contribution >= 4 is 27.5 Å². The maximum Gasteiger partial charge on any atom is 0.255 e. The van der Waals surface area contributed by atoms with Crippen molar-refractivity contribution in [2.75, 3.05) is 51.3 Å². The van der Waals surface area contributed by atoms with E-state index < -0.39 is 0 Å². The summed E-state index contributed by atoms with van der Waals surface area (Å²) in [6.07, 6.45) is 7.91. The van der Waals surface area contributed by atoms with Crippen molar-refractivity contribution in [3.8, 4) is 5.75 Å². The first-order chi connectivity index (χ1) is 16.1. The molecular weight excluding hydrogens is 478 g/mol. The number of methoxy groups -OCH3 is 1. The van der Waals surface area contributed by atoms with E-state index in [4.69, 9.17) is 4.74 Å². The molecule has 0 radical (unpaired) electrons. The van der Waals surface area contributed by atoms with Gasteiger partial charge in [0.2, 0.25) is 0 Å². The molecule has 5 rings (SSSR count). The summed E-state index contributed by atoms with van der Waals surface area (Å²) in [4.78, 5) is 20.3. The average molecular weight is 512 g/mol. The van der Waals surface area contributed by atoms with Crippen LogP contribution in [0.2, 0.25) is 0 Å². The van der Waals surface area contributed by atoms with Crippen LogP contribution >= 0.6 is 15.9 Å². The Balaban J connectivity index is 1.22. The van der Waals surface area contributed by atoms with Gasteiger partial charge in [0, 0.05) is 55.5 Å². The van der Waals surface area contributed by atoms with Gasteiger partial charge in [0.05, 0.1) is 12.7 Å². The molecule has 2 aromatic rings. The second-order valence-corrected chi connectivity index (χ2v) is 10.4. The predicted molar refractivity (Wildman–Crippen MR) is 136 cm³/mol. The van der Waals surface area contributed by atoms with Gasteiger partial charge in [-0.15, -0.1) is 0 Å². The zero-order valence-corrected chi connectivity index (χ0v) is 21.1. The van der Waals surface area contributed by atoms with Crippen molar-refractivity contribution in [1.29, 1.82) is 0 Å². The molecule has 0 N–H and O–H groups in total. The van der Waals surface area contributed by atoms with Gasteiger partial charge in [0.25, 0.3) is 5.91 Å². The predicted octanol–water partition coefficient (Wildman–Crippen LogP) is 4.76. The third-order valence-electron chi connectivity index (χ3n) is 7.70. The fraction of sp³-hybridized carbons (Fsp3) is 0.519. The second-order valence-electron chi connectivity index (χ2n) is 9.55. The number of carbonyl (C=O) groups excluding carboxylic acids is 1. The molecule has 6 heteroatoms. The Bertz CT molecular complexity index is 997. The summed E-state index contributed by atoms with van der Waals surface area (Å²) in [7, 11) is 1.63. The minimum absolute atomic E-state index is 0.0642. The lowest BCUT2D eigenvalue weighted by molar-refractivity contribution is 0.0745. The van der Waals surface area contributed by atoms with Gasteiger partial charge in [-0.05, 0) is 83.1 Å². The highest BCUT2D eigenvalue weighted by molar-refractivity contribution is 9.10. The van der Waals surface area contributed by atoms with Crippen LogP contribution in [0.4, 0.5) is 5.69 Å². The number of amides is 1. The van der Waals surface area contributed by atoms with E-state index in [-0.39, 0.29) is 5.91 Å². The highest BCUT2D eigenvalue weighted by Gasteiger charge is 2.26. The van der Waals surface area contributed by atoms with Gasteiger partial charge >= 0.3 is 0 Å². The number of anilines is 1. The number of hydrogen-bond donors (Lipinski definition) is 0. The van der Waals surface area contributed by atoms with Crippen molar-refractivity contribution < 1.29 is 9.53 Å². The highest BCUT2D eigenvalue weighted by Crippen LogP contribution is 2.29. The quantitative estimate of drug-likeness (QED) is 0.592. The molecule has 2 heterocycles. The summed E-state index contributed by atoms with van der Waals surface area (Å²) in [5.74, 6) is 0.769. The van der Waals surface area contributed by atoms with Crippen LogP contribution in [0.5, 0.6) is 5.75 Å². The Morgan fingerprint density at radius 2 is 1.64 bits per heavy atom. The van der Waals surface area contributed by atoms with Crippen LogP contribution in [0.3, 0.4) is 0 Å². The third-order valence-corrected chi connectivity index (χ3v) is 8.40. The van der Waals surface area contributed by atoms with Crippen LogP contribution in [0.1, 0.15) is 47.2 Å². The lowest BCUT2D eigenvalue weighted by atomic mass is 10.0. The molecule has 1 amide bonds. The normalized spacial score (nSPS) is 19.9. The van der Waals surface area contributed by atoms with Crippen molar-refractivity contribution in [2.45, 2.75) is 44.6 Å². The average Bonchev–Trinajstić information content (AvgIpc) is 3.31. The third kappa shape index (κ3) is 4.92. The zero-order chi connectivity index (χ0) is 22.8. The first kappa shape index (κ1) is 22.7. The Hall–Kier alpha value is -2.05. The fourth-order valence-electron chi connectivity index (χ4n) is 5.69. The summed E-state index contributed by atoms with van der Waals surface area (Å²) >= 11 is 3.53. The molecule has 1 saturated carbocycles. The smallest absolute Gasteiger partial charge is 0.255 e. The lowest BCUT2D eigenvalue weighted by Gasteiger charge is -2.36. The molecule has 0 bridgehead atoms. The van der Waals surface area contributed by atoms with Gasteiger partial charge in [-0.3, -0.25) is 9.69 Å². The van der Waals surface area contributed by atoms with E-state index in [0.717, 1.165) is 43.1 Å². The Labute approximate surface area is 205 Å². The minimum Gasteiger partial charge on any atom is -0.497 e. The van der Waals surface area contributed by atoms with E-state index in [1.165, 1.54) is 62.0 Å². The summed E-state index contributed by atoms with van der Waals surface area (Å²) in [6.45, 7) is 5.58. The Morgan fingerprint density at radius 1 is 0.909 bits per heavy atom. The summed E-state index contributed by atoms with van der Waals surface area (Å²) in [5.41, 5.74) is 5.01. The van der Waals surface area contributed by atoms with Crippen LogP contribution in [-0.4, -0.2) is 68.1 Å². The molecule has 0 aromatic heterocycles. The molecule has 1 saturated heterocycles. The monoisotopic (exact) mass is 511 g/mol. The minimum atomic E-state index is 0.0642. The SMILES string of the molecule is COc1ccc(Br)c(C(=O)N2CCN(c3ccc4c(c3)CCN(C3CCCC3)CC4)CC2)c1. The molecule has 0 atom stereocenters. The number of hydrogen-bond acceptors (Lipinski definition) is 4. The number of piperazine rings is 1. The molecule has 3 aliphatic rings.